The van der Waals surface area contributed by atoms with Crippen LogP contribution in [0.5, 0.6) is 5.75 Å². The maximum absolute atomic E-state index is 5.35. The Labute approximate surface area is 185 Å². The molecular weight excluding hydrogens is 402 g/mol. The van der Waals surface area contributed by atoms with Crippen LogP contribution in [-0.2, 0) is 6.42 Å². The fourth-order valence-electron chi connectivity index (χ4n) is 3.88. The van der Waals surface area contributed by atoms with Gasteiger partial charge in [-0.1, -0.05) is 0 Å². The predicted molar refractivity (Wildman–Crippen MR) is 128 cm³/mol. The summed E-state index contributed by atoms with van der Waals surface area (Å²) in [4.78, 5) is 20.1. The first-order valence-electron chi connectivity index (χ1n) is 10.5. The van der Waals surface area contributed by atoms with E-state index in [9.17, 15) is 0 Å². The largest absolute Gasteiger partial charge is 0.497 e. The minimum atomic E-state index is 0.585. The van der Waals surface area contributed by atoms with Gasteiger partial charge in [-0.15, -0.1) is 0 Å². The van der Waals surface area contributed by atoms with Crippen molar-refractivity contribution in [2.24, 2.45) is 0 Å². The van der Waals surface area contributed by atoms with Gasteiger partial charge in [0.15, 0.2) is 0 Å². The van der Waals surface area contributed by atoms with E-state index in [1.807, 2.05) is 37.4 Å². The molecule has 0 radical (unpaired) electrons. The van der Waals surface area contributed by atoms with E-state index in [1.165, 1.54) is 10.9 Å². The number of aromatic amines is 2. The minimum absolute atomic E-state index is 0.585. The zero-order valence-electron chi connectivity index (χ0n) is 18.3. The maximum atomic E-state index is 5.35. The SMILES string of the molecule is COc1ccc2[nH]cc(CCNc3nccc(Nc4cc5nc(C)[nH]c5cc4C)n3)c2c1. The number of hydrogen-bond acceptors (Lipinski definition) is 6. The second kappa shape index (κ2) is 8.22. The van der Waals surface area contributed by atoms with Gasteiger partial charge in [-0.2, -0.15) is 4.98 Å². The third-order valence-electron chi connectivity index (χ3n) is 5.52. The van der Waals surface area contributed by atoms with Crippen molar-refractivity contribution in [3.05, 3.63) is 65.7 Å². The third kappa shape index (κ3) is 3.94. The molecule has 0 saturated heterocycles. The highest BCUT2D eigenvalue weighted by molar-refractivity contribution is 5.85. The van der Waals surface area contributed by atoms with Crippen LogP contribution >= 0.6 is 0 Å². The Bertz CT molecular complexity index is 1400. The summed E-state index contributed by atoms with van der Waals surface area (Å²) in [6, 6.07) is 12.0. The molecule has 2 aromatic carbocycles. The van der Waals surface area contributed by atoms with Gasteiger partial charge < -0.3 is 25.3 Å². The maximum Gasteiger partial charge on any atom is 0.224 e. The van der Waals surface area contributed by atoms with E-state index in [0.717, 1.165) is 51.6 Å². The van der Waals surface area contributed by atoms with Crippen LogP contribution in [0.2, 0.25) is 0 Å². The lowest BCUT2D eigenvalue weighted by Crippen LogP contribution is -2.08. The molecule has 5 aromatic rings. The number of aryl methyl sites for hydroxylation is 2. The van der Waals surface area contributed by atoms with Crippen LogP contribution in [0.4, 0.5) is 17.5 Å². The summed E-state index contributed by atoms with van der Waals surface area (Å²) in [6.07, 6.45) is 4.63. The molecule has 8 nitrogen and oxygen atoms in total. The summed E-state index contributed by atoms with van der Waals surface area (Å²) in [5, 5.41) is 7.88. The van der Waals surface area contributed by atoms with Gasteiger partial charge in [0.2, 0.25) is 5.95 Å². The van der Waals surface area contributed by atoms with Gasteiger partial charge in [0.25, 0.3) is 0 Å². The van der Waals surface area contributed by atoms with Crippen LogP contribution in [0.1, 0.15) is 17.0 Å². The monoisotopic (exact) mass is 427 g/mol. The molecule has 3 heterocycles. The molecule has 0 amide bonds. The molecule has 8 heteroatoms. The van der Waals surface area contributed by atoms with Gasteiger partial charge in [0.1, 0.15) is 17.4 Å². The van der Waals surface area contributed by atoms with Gasteiger partial charge >= 0.3 is 0 Å². The second-order valence-corrected chi connectivity index (χ2v) is 7.80. The normalized spacial score (nSPS) is 11.2. The number of nitrogens with zero attached hydrogens (tertiary/aromatic N) is 3. The van der Waals surface area contributed by atoms with Crippen LogP contribution in [-0.4, -0.2) is 38.6 Å². The molecule has 0 spiro atoms. The van der Waals surface area contributed by atoms with Crippen molar-refractivity contribution < 1.29 is 4.74 Å². The molecule has 162 valence electrons. The fourth-order valence-corrected chi connectivity index (χ4v) is 3.88. The van der Waals surface area contributed by atoms with Crippen molar-refractivity contribution >= 4 is 39.4 Å². The topological polar surface area (TPSA) is 104 Å². The average Bonchev–Trinajstić information content (AvgIpc) is 3.36. The highest BCUT2D eigenvalue weighted by Crippen LogP contribution is 2.26. The standard InChI is InChI=1S/C24H25N7O/c1-14-10-21-22(29-15(2)28-21)12-20(14)30-23-7-9-26-24(31-23)25-8-6-16-13-27-19-5-4-17(32-3)11-18(16)19/h4-5,7,9-13,27H,6,8H2,1-3H3,(H,28,29)(H2,25,26,30,31). The number of anilines is 3. The number of hydrogen-bond donors (Lipinski definition) is 4. The number of fused-ring (bicyclic) bond motifs is 2. The van der Waals surface area contributed by atoms with Crippen molar-refractivity contribution in [3.63, 3.8) is 0 Å². The molecule has 0 aliphatic heterocycles. The van der Waals surface area contributed by atoms with Crippen LogP contribution in [0.15, 0.2) is 48.8 Å². The van der Waals surface area contributed by atoms with Crippen molar-refractivity contribution in [2.45, 2.75) is 20.3 Å². The number of imidazole rings is 1. The Hall–Kier alpha value is -4.07. The Morgan fingerprint density at radius 1 is 1.03 bits per heavy atom. The molecule has 0 fully saturated rings. The number of nitrogens with one attached hydrogen (secondary N) is 4. The van der Waals surface area contributed by atoms with E-state index in [-0.39, 0.29) is 0 Å². The summed E-state index contributed by atoms with van der Waals surface area (Å²) < 4.78 is 5.35. The number of rotatable bonds is 7. The van der Waals surface area contributed by atoms with Crippen molar-refractivity contribution in [3.8, 4) is 5.75 Å². The van der Waals surface area contributed by atoms with Crippen molar-refractivity contribution in [2.75, 3.05) is 24.3 Å². The Morgan fingerprint density at radius 2 is 1.94 bits per heavy atom. The summed E-state index contributed by atoms with van der Waals surface area (Å²) in [6.45, 7) is 4.73. The van der Waals surface area contributed by atoms with E-state index in [0.29, 0.717) is 12.5 Å². The number of ether oxygens (including phenoxy) is 1. The Balaban J connectivity index is 1.27. The number of aromatic nitrogens is 5. The van der Waals surface area contributed by atoms with Gasteiger partial charge in [-0.25, -0.2) is 9.97 Å². The second-order valence-electron chi connectivity index (χ2n) is 7.80. The summed E-state index contributed by atoms with van der Waals surface area (Å²) in [5.74, 6) is 3.07. The molecule has 4 N–H and O–H groups in total. The highest BCUT2D eigenvalue weighted by atomic mass is 16.5. The fraction of sp³-hybridized carbons (Fsp3) is 0.208. The lowest BCUT2D eigenvalue weighted by atomic mass is 10.1. The van der Waals surface area contributed by atoms with Gasteiger partial charge in [-0.3, -0.25) is 0 Å². The van der Waals surface area contributed by atoms with Gasteiger partial charge in [-0.05, 0) is 67.8 Å². The molecule has 0 aliphatic rings. The van der Waals surface area contributed by atoms with E-state index >= 15 is 0 Å². The molecule has 0 atom stereocenters. The molecule has 0 unspecified atom stereocenters. The van der Waals surface area contributed by atoms with Crippen molar-refractivity contribution in [1.29, 1.82) is 0 Å². The lowest BCUT2D eigenvalue weighted by Gasteiger charge is -2.10. The smallest absolute Gasteiger partial charge is 0.224 e. The average molecular weight is 428 g/mol. The lowest BCUT2D eigenvalue weighted by molar-refractivity contribution is 0.415. The van der Waals surface area contributed by atoms with Crippen LogP contribution in [0, 0.1) is 13.8 Å². The van der Waals surface area contributed by atoms with Crippen LogP contribution in [0.25, 0.3) is 21.9 Å². The first-order chi connectivity index (χ1) is 15.6. The van der Waals surface area contributed by atoms with E-state index in [1.54, 1.807) is 13.3 Å². The van der Waals surface area contributed by atoms with Gasteiger partial charge in [0, 0.05) is 35.5 Å². The zero-order valence-corrected chi connectivity index (χ0v) is 18.3. The highest BCUT2D eigenvalue weighted by Gasteiger charge is 2.08. The predicted octanol–water partition coefficient (Wildman–Crippen LogP) is 4.86. The quantitative estimate of drug-likeness (QED) is 0.296. The van der Waals surface area contributed by atoms with E-state index in [2.05, 4.69) is 54.6 Å². The summed E-state index contributed by atoms with van der Waals surface area (Å²) in [5.41, 5.74) is 6.37. The van der Waals surface area contributed by atoms with Crippen LogP contribution in [0.3, 0.4) is 0 Å². The molecule has 3 aromatic heterocycles. The molecule has 0 bridgehead atoms. The molecule has 32 heavy (non-hydrogen) atoms. The first kappa shape index (κ1) is 19.9. The summed E-state index contributed by atoms with van der Waals surface area (Å²) >= 11 is 0. The number of methoxy groups -OCH3 is 1. The van der Waals surface area contributed by atoms with E-state index < -0.39 is 0 Å². The van der Waals surface area contributed by atoms with Crippen LogP contribution < -0.4 is 15.4 Å². The summed E-state index contributed by atoms with van der Waals surface area (Å²) in [7, 11) is 1.68. The Morgan fingerprint density at radius 3 is 2.81 bits per heavy atom. The first-order valence-corrected chi connectivity index (χ1v) is 10.5. The zero-order chi connectivity index (χ0) is 22.1. The molecule has 5 rings (SSSR count). The molecule has 0 aliphatic carbocycles. The number of benzene rings is 2. The molecule has 0 saturated carbocycles. The van der Waals surface area contributed by atoms with Crippen molar-refractivity contribution in [1.82, 2.24) is 24.9 Å². The van der Waals surface area contributed by atoms with Gasteiger partial charge in [0.05, 0.1) is 18.1 Å². The Kier molecular flexibility index (Phi) is 5.10. The number of H-pyrrole nitrogens is 2. The minimum Gasteiger partial charge on any atom is -0.497 e. The molecular formula is C24H25N7O. The third-order valence-corrected chi connectivity index (χ3v) is 5.52. The van der Waals surface area contributed by atoms with E-state index in [4.69, 9.17) is 4.74 Å².